The molecule has 10 heteroatoms. The van der Waals surface area contributed by atoms with Crippen molar-refractivity contribution in [3.8, 4) is 11.4 Å². The Balaban J connectivity index is 0.00000289. The highest BCUT2D eigenvalue weighted by Crippen LogP contribution is 2.27. The molecule has 2 atom stereocenters. The van der Waals surface area contributed by atoms with Crippen LogP contribution in [0.4, 0.5) is 0 Å². The Hall–Kier alpha value is -2.14. The van der Waals surface area contributed by atoms with Crippen LogP contribution in [0.1, 0.15) is 32.2 Å². The SMILES string of the molecule is CCNC(=NCCc1nc(-c2ccc(Cl)cc2)no1)N1CCC(C)C(n2ccnc2)C1.I. The van der Waals surface area contributed by atoms with Crippen molar-refractivity contribution in [3.05, 3.63) is 53.9 Å². The summed E-state index contributed by atoms with van der Waals surface area (Å²) in [6.07, 6.45) is 7.49. The van der Waals surface area contributed by atoms with E-state index in [1.807, 2.05) is 43.0 Å². The molecule has 1 aromatic carbocycles. The molecule has 2 unspecified atom stereocenters. The van der Waals surface area contributed by atoms with Gasteiger partial charge in [-0.05, 0) is 43.5 Å². The fourth-order valence-corrected chi connectivity index (χ4v) is 3.98. The number of imidazole rings is 1. The number of halogens is 2. The molecule has 0 bridgehead atoms. The molecule has 4 rings (SSSR count). The van der Waals surface area contributed by atoms with Gasteiger partial charge < -0.3 is 19.3 Å². The quantitative estimate of drug-likeness (QED) is 0.271. The molecule has 172 valence electrons. The molecule has 1 saturated heterocycles. The van der Waals surface area contributed by atoms with E-state index in [9.17, 15) is 0 Å². The van der Waals surface area contributed by atoms with Crippen LogP contribution in [0.25, 0.3) is 11.4 Å². The van der Waals surface area contributed by atoms with Crippen LogP contribution in [0, 0.1) is 5.92 Å². The van der Waals surface area contributed by atoms with Gasteiger partial charge in [-0.15, -0.1) is 24.0 Å². The zero-order chi connectivity index (χ0) is 21.6. The van der Waals surface area contributed by atoms with Gasteiger partial charge in [0.2, 0.25) is 11.7 Å². The largest absolute Gasteiger partial charge is 0.357 e. The highest BCUT2D eigenvalue weighted by atomic mass is 127. The lowest BCUT2D eigenvalue weighted by Crippen LogP contribution is -2.49. The molecule has 0 spiro atoms. The van der Waals surface area contributed by atoms with Crippen LogP contribution in [0.2, 0.25) is 5.02 Å². The maximum Gasteiger partial charge on any atom is 0.228 e. The Morgan fingerprint density at radius 1 is 1.31 bits per heavy atom. The van der Waals surface area contributed by atoms with Gasteiger partial charge in [-0.2, -0.15) is 4.98 Å². The predicted octanol–water partition coefficient (Wildman–Crippen LogP) is 4.30. The number of piperidine rings is 1. The maximum absolute atomic E-state index is 5.94. The highest BCUT2D eigenvalue weighted by molar-refractivity contribution is 14.0. The summed E-state index contributed by atoms with van der Waals surface area (Å²) in [7, 11) is 0. The average molecular weight is 570 g/mol. The second kappa shape index (κ2) is 11.6. The lowest BCUT2D eigenvalue weighted by atomic mass is 9.93. The van der Waals surface area contributed by atoms with Crippen molar-refractivity contribution in [1.29, 1.82) is 0 Å². The summed E-state index contributed by atoms with van der Waals surface area (Å²) in [4.78, 5) is 15.9. The van der Waals surface area contributed by atoms with Gasteiger partial charge in [0, 0.05) is 49.0 Å². The number of benzene rings is 1. The third-order valence-electron chi connectivity index (χ3n) is 5.62. The number of rotatable bonds is 6. The Morgan fingerprint density at radius 2 is 2.12 bits per heavy atom. The van der Waals surface area contributed by atoms with Crippen molar-refractivity contribution < 1.29 is 4.52 Å². The fourth-order valence-electron chi connectivity index (χ4n) is 3.85. The lowest BCUT2D eigenvalue weighted by molar-refractivity contribution is 0.189. The molecule has 1 aliphatic heterocycles. The molecule has 0 saturated carbocycles. The molecule has 1 fully saturated rings. The lowest BCUT2D eigenvalue weighted by Gasteiger charge is -2.39. The van der Waals surface area contributed by atoms with Gasteiger partial charge in [-0.25, -0.2) is 4.98 Å². The number of aromatic nitrogens is 4. The molecule has 0 amide bonds. The van der Waals surface area contributed by atoms with Crippen LogP contribution in [0.15, 0.2) is 52.5 Å². The summed E-state index contributed by atoms with van der Waals surface area (Å²) in [6, 6.07) is 7.78. The van der Waals surface area contributed by atoms with Crippen LogP contribution in [0.3, 0.4) is 0 Å². The van der Waals surface area contributed by atoms with Crippen LogP contribution in [-0.2, 0) is 6.42 Å². The number of nitrogens with one attached hydrogen (secondary N) is 1. The van der Waals surface area contributed by atoms with Gasteiger partial charge in [0.05, 0.1) is 18.9 Å². The zero-order valence-corrected chi connectivity index (χ0v) is 21.4. The molecule has 1 N–H and O–H groups in total. The Kier molecular flexibility index (Phi) is 8.92. The number of nitrogens with zero attached hydrogens (tertiary/aromatic N) is 6. The molecule has 0 radical (unpaired) electrons. The van der Waals surface area contributed by atoms with Crippen molar-refractivity contribution >= 4 is 41.5 Å². The normalized spacial score (nSPS) is 19.0. The minimum Gasteiger partial charge on any atom is -0.357 e. The third kappa shape index (κ3) is 6.00. The van der Waals surface area contributed by atoms with E-state index in [1.54, 1.807) is 0 Å². The highest BCUT2D eigenvalue weighted by Gasteiger charge is 2.28. The van der Waals surface area contributed by atoms with E-state index >= 15 is 0 Å². The minimum absolute atomic E-state index is 0. The minimum atomic E-state index is 0. The first-order valence-corrected chi connectivity index (χ1v) is 11.1. The zero-order valence-electron chi connectivity index (χ0n) is 18.3. The van der Waals surface area contributed by atoms with Crippen LogP contribution >= 0.6 is 35.6 Å². The van der Waals surface area contributed by atoms with Crippen molar-refractivity contribution in [2.75, 3.05) is 26.2 Å². The second-order valence-electron chi connectivity index (χ2n) is 7.79. The van der Waals surface area contributed by atoms with E-state index < -0.39 is 0 Å². The smallest absolute Gasteiger partial charge is 0.228 e. The van der Waals surface area contributed by atoms with Crippen LogP contribution in [0.5, 0.6) is 0 Å². The third-order valence-corrected chi connectivity index (χ3v) is 5.87. The van der Waals surface area contributed by atoms with Gasteiger partial charge in [-0.3, -0.25) is 4.99 Å². The van der Waals surface area contributed by atoms with Crippen molar-refractivity contribution in [3.63, 3.8) is 0 Å². The molecule has 0 aliphatic carbocycles. The van der Waals surface area contributed by atoms with E-state index in [2.05, 4.69) is 43.8 Å². The van der Waals surface area contributed by atoms with E-state index in [-0.39, 0.29) is 24.0 Å². The van der Waals surface area contributed by atoms with Crippen molar-refractivity contribution in [2.24, 2.45) is 10.9 Å². The summed E-state index contributed by atoms with van der Waals surface area (Å²) in [6.45, 7) is 7.68. The average Bonchev–Trinajstić information content (AvgIpc) is 3.47. The Bertz CT molecular complexity index is 990. The Labute approximate surface area is 210 Å². The summed E-state index contributed by atoms with van der Waals surface area (Å²) >= 11 is 5.94. The monoisotopic (exact) mass is 569 g/mol. The topological polar surface area (TPSA) is 84.4 Å². The molecule has 32 heavy (non-hydrogen) atoms. The van der Waals surface area contributed by atoms with E-state index in [0.29, 0.717) is 41.7 Å². The molecule has 8 nitrogen and oxygen atoms in total. The summed E-state index contributed by atoms with van der Waals surface area (Å²) in [5.74, 6) is 2.67. The van der Waals surface area contributed by atoms with Crippen LogP contribution in [-0.4, -0.2) is 56.7 Å². The fraction of sp³-hybridized carbons (Fsp3) is 0.455. The number of guanidine groups is 1. The number of likely N-dealkylation sites (tertiary alicyclic amines) is 1. The van der Waals surface area contributed by atoms with Gasteiger partial charge in [0.15, 0.2) is 5.96 Å². The maximum atomic E-state index is 5.94. The van der Waals surface area contributed by atoms with Crippen molar-refractivity contribution in [1.82, 2.24) is 29.9 Å². The van der Waals surface area contributed by atoms with Gasteiger partial charge >= 0.3 is 0 Å². The van der Waals surface area contributed by atoms with Gasteiger partial charge in [0.1, 0.15) is 0 Å². The summed E-state index contributed by atoms with van der Waals surface area (Å²) in [5, 5.41) is 8.18. The first kappa shape index (κ1) is 24.5. The predicted molar refractivity (Wildman–Crippen MR) is 136 cm³/mol. The van der Waals surface area contributed by atoms with E-state index in [4.69, 9.17) is 21.1 Å². The standard InChI is InChI=1S/C22H28ClN7O.HI/c1-3-25-22(29-12-9-16(2)19(14-29)30-13-11-24-15-30)26-10-8-20-27-21(28-31-20)17-4-6-18(23)7-5-17;/h4-7,11,13,15-16,19H,3,8-10,12,14H2,1-2H3,(H,25,26);1H. The Morgan fingerprint density at radius 3 is 2.84 bits per heavy atom. The van der Waals surface area contributed by atoms with E-state index in [0.717, 1.165) is 37.6 Å². The summed E-state index contributed by atoms with van der Waals surface area (Å²) in [5.41, 5.74) is 0.879. The molecule has 2 aromatic heterocycles. The second-order valence-corrected chi connectivity index (χ2v) is 8.23. The first-order chi connectivity index (χ1) is 15.1. The van der Waals surface area contributed by atoms with Gasteiger partial charge in [0.25, 0.3) is 0 Å². The molecule has 3 aromatic rings. The number of aliphatic imine (C=N–C) groups is 1. The first-order valence-electron chi connectivity index (χ1n) is 10.7. The van der Waals surface area contributed by atoms with Crippen LogP contribution < -0.4 is 5.32 Å². The van der Waals surface area contributed by atoms with Crippen molar-refractivity contribution in [2.45, 2.75) is 32.7 Å². The molecule has 3 heterocycles. The van der Waals surface area contributed by atoms with Gasteiger partial charge in [-0.1, -0.05) is 23.7 Å². The van der Waals surface area contributed by atoms with E-state index in [1.165, 1.54) is 0 Å². The number of hydrogen-bond acceptors (Lipinski definition) is 5. The molecule has 1 aliphatic rings. The molecular weight excluding hydrogens is 541 g/mol. The summed E-state index contributed by atoms with van der Waals surface area (Å²) < 4.78 is 7.61. The molecular formula is C22H29ClIN7O. The number of hydrogen-bond donors (Lipinski definition) is 1.